The smallest absolute Gasteiger partial charge is 0.327 e. The number of benzene rings is 2. The van der Waals surface area contributed by atoms with Gasteiger partial charge in [-0.15, -0.1) is 11.8 Å². The van der Waals surface area contributed by atoms with E-state index in [1.807, 2.05) is 36.4 Å². The molecule has 216 valence electrons. The van der Waals surface area contributed by atoms with Crippen LogP contribution in [0.5, 0.6) is 5.75 Å². The van der Waals surface area contributed by atoms with Gasteiger partial charge >= 0.3 is 5.97 Å². The molecule has 0 radical (unpaired) electrons. The zero-order valence-electron chi connectivity index (χ0n) is 22.6. The van der Waals surface area contributed by atoms with Gasteiger partial charge in [0.1, 0.15) is 34.8 Å². The van der Waals surface area contributed by atoms with E-state index in [4.69, 9.17) is 0 Å². The third-order valence-corrected chi connectivity index (χ3v) is 8.74. The summed E-state index contributed by atoms with van der Waals surface area (Å²) in [7, 11) is 0. The Morgan fingerprint density at radius 1 is 1.00 bits per heavy atom. The number of phenolic OH excluding ortho intramolecular Hbond substituents is 1. The molecule has 0 bridgehead atoms. The van der Waals surface area contributed by atoms with Crippen molar-refractivity contribution in [2.75, 3.05) is 0 Å². The Kier molecular flexibility index (Phi) is 7.65. The second-order valence-electron chi connectivity index (χ2n) is 10.5. The van der Waals surface area contributed by atoms with E-state index < -0.39 is 57.5 Å². The van der Waals surface area contributed by atoms with Crippen molar-refractivity contribution >= 4 is 47.6 Å². The van der Waals surface area contributed by atoms with Gasteiger partial charge in [-0.2, -0.15) is 0 Å². The van der Waals surface area contributed by atoms with Crippen LogP contribution in [0.3, 0.4) is 0 Å². The van der Waals surface area contributed by atoms with Crippen LogP contribution < -0.4 is 16.2 Å². The molecule has 5 N–H and O–H groups in total. The number of nitrogens with one attached hydrogen (secondary N) is 3. The number of carboxylic acids is 1. The minimum atomic E-state index is -1.33. The highest BCUT2D eigenvalue weighted by atomic mass is 32.2. The van der Waals surface area contributed by atoms with Crippen molar-refractivity contribution < 1.29 is 29.4 Å². The van der Waals surface area contributed by atoms with Crippen molar-refractivity contribution in [3.05, 3.63) is 99.5 Å². The lowest BCUT2D eigenvalue weighted by Gasteiger charge is -2.44. The van der Waals surface area contributed by atoms with Crippen LogP contribution in [0, 0.1) is 0 Å². The lowest BCUT2D eigenvalue weighted by Crippen LogP contribution is -2.71. The van der Waals surface area contributed by atoms with Crippen LogP contribution in [-0.2, 0) is 14.4 Å². The number of rotatable bonds is 8. The molecule has 3 amide bonds. The van der Waals surface area contributed by atoms with Crippen molar-refractivity contribution in [1.29, 1.82) is 0 Å². The number of aromatic nitrogens is 1. The highest BCUT2D eigenvalue weighted by molar-refractivity contribution is 8.01. The van der Waals surface area contributed by atoms with Crippen molar-refractivity contribution in [3.63, 3.8) is 0 Å². The summed E-state index contributed by atoms with van der Waals surface area (Å²) in [5.74, 6) is -3.29. The predicted molar refractivity (Wildman–Crippen MR) is 156 cm³/mol. The van der Waals surface area contributed by atoms with Gasteiger partial charge in [-0.25, -0.2) is 4.79 Å². The average molecular weight is 589 g/mol. The van der Waals surface area contributed by atoms with Gasteiger partial charge in [-0.1, -0.05) is 48.5 Å². The molecule has 12 heteroatoms. The second-order valence-corrected chi connectivity index (χ2v) is 12.3. The van der Waals surface area contributed by atoms with Crippen molar-refractivity contribution in [2.24, 2.45) is 0 Å². The summed E-state index contributed by atoms with van der Waals surface area (Å²) in [6.07, 6.45) is 3.50. The van der Waals surface area contributed by atoms with Crippen LogP contribution in [0.25, 0.3) is 12.2 Å². The molecule has 4 atom stereocenters. The zero-order chi connectivity index (χ0) is 30.2. The minimum absolute atomic E-state index is 0.0612. The fraction of sp³-hybridized carbons (Fsp3) is 0.233. The van der Waals surface area contributed by atoms with Crippen LogP contribution in [0.4, 0.5) is 0 Å². The molecule has 42 heavy (non-hydrogen) atoms. The number of thioether (sulfide) groups is 1. The first-order chi connectivity index (χ1) is 20.0. The minimum Gasteiger partial charge on any atom is -0.508 e. The Morgan fingerprint density at radius 3 is 2.33 bits per heavy atom. The molecule has 1 aromatic heterocycles. The highest BCUT2D eigenvalue weighted by Gasteiger charge is 2.64. The topological polar surface area (TPSA) is 169 Å². The SMILES string of the molecule is CC1(C)S[C@H]2[C@@H](NC(=O)C(NC(=O)c3ccc(/C=C/c4ccccc4)[nH]c3=O)c3ccc(O)cc3)C(=O)N2[C@H]1C(=O)O. The molecule has 2 aliphatic rings. The molecular weight excluding hydrogens is 560 g/mol. The van der Waals surface area contributed by atoms with Crippen LogP contribution in [0.2, 0.25) is 0 Å². The number of phenols is 1. The third kappa shape index (κ3) is 5.53. The number of fused-ring (bicyclic) bond motifs is 1. The zero-order valence-corrected chi connectivity index (χ0v) is 23.4. The van der Waals surface area contributed by atoms with Crippen LogP contribution in [0.1, 0.15) is 47.1 Å². The molecule has 0 spiro atoms. The number of pyridine rings is 1. The van der Waals surface area contributed by atoms with Gasteiger partial charge in [0.25, 0.3) is 11.5 Å². The normalized spacial score (nSPS) is 21.3. The molecular formula is C30H28N4O7S. The number of amides is 3. The van der Waals surface area contributed by atoms with Gasteiger partial charge in [-0.3, -0.25) is 19.2 Å². The maximum atomic E-state index is 13.5. The molecule has 2 aliphatic heterocycles. The standard InChI is InChI=1S/C30H28N4O7S/c1-30(2)23(29(40)41)34-27(39)22(28(34)42-30)33-26(38)21(17-9-13-19(35)14-10-17)32-25(37)20-15-12-18(31-24(20)36)11-8-16-6-4-3-5-7-16/h3-15,21-23,28,35H,1-2H3,(H,31,36)(H,32,37)(H,33,38)(H,40,41)/b11-8+/t21?,22-,23-,28-/m0/s1. The Hall–Kier alpha value is -4.84. The van der Waals surface area contributed by atoms with Gasteiger partial charge in [0.15, 0.2) is 0 Å². The van der Waals surface area contributed by atoms with Gasteiger partial charge in [0, 0.05) is 10.4 Å². The number of carboxylic acid groups (broad SMARTS) is 1. The maximum Gasteiger partial charge on any atom is 0.327 e. The molecule has 3 aromatic rings. The molecule has 0 aliphatic carbocycles. The summed E-state index contributed by atoms with van der Waals surface area (Å²) >= 11 is 1.27. The summed E-state index contributed by atoms with van der Waals surface area (Å²) in [6.45, 7) is 3.45. The van der Waals surface area contributed by atoms with Crippen LogP contribution in [0.15, 0.2) is 71.5 Å². The number of nitrogens with zero attached hydrogens (tertiary/aromatic N) is 1. The Labute approximate surface area is 244 Å². The number of aromatic amines is 1. The van der Waals surface area contributed by atoms with E-state index in [1.165, 1.54) is 47.0 Å². The summed E-state index contributed by atoms with van der Waals surface area (Å²) in [4.78, 5) is 68.1. The van der Waals surface area contributed by atoms with E-state index in [9.17, 15) is 34.2 Å². The third-order valence-electron chi connectivity index (χ3n) is 7.17. The van der Waals surface area contributed by atoms with Gasteiger partial charge in [0.2, 0.25) is 11.8 Å². The number of aliphatic carboxylic acids is 1. The number of β-lactam (4-membered cyclic amide) rings is 1. The fourth-order valence-corrected chi connectivity index (χ4v) is 6.70. The predicted octanol–water partition coefficient (Wildman–Crippen LogP) is 2.35. The Morgan fingerprint density at radius 2 is 1.69 bits per heavy atom. The number of hydrogen-bond donors (Lipinski definition) is 5. The Bertz CT molecular complexity index is 1640. The van der Waals surface area contributed by atoms with E-state index in [2.05, 4.69) is 15.6 Å². The molecule has 2 fully saturated rings. The summed E-state index contributed by atoms with van der Waals surface area (Å²) in [6, 6.07) is 14.5. The Balaban J connectivity index is 1.34. The number of H-pyrrole nitrogens is 1. The quantitative estimate of drug-likeness (QED) is 0.250. The monoisotopic (exact) mass is 588 g/mol. The second kappa shape index (κ2) is 11.2. The molecule has 5 rings (SSSR count). The number of carbonyl (C=O) groups excluding carboxylic acids is 3. The first-order valence-electron chi connectivity index (χ1n) is 13.1. The number of hydrogen-bond acceptors (Lipinski definition) is 7. The van der Waals surface area contributed by atoms with E-state index in [0.29, 0.717) is 11.3 Å². The largest absolute Gasteiger partial charge is 0.508 e. The lowest BCUT2D eigenvalue weighted by molar-refractivity contribution is -0.161. The summed E-state index contributed by atoms with van der Waals surface area (Å²) < 4.78 is -0.778. The molecule has 1 unspecified atom stereocenters. The lowest BCUT2D eigenvalue weighted by atomic mass is 9.95. The highest BCUT2D eigenvalue weighted by Crippen LogP contribution is 2.50. The first kappa shape index (κ1) is 28.7. The van der Waals surface area contributed by atoms with E-state index >= 15 is 0 Å². The van der Waals surface area contributed by atoms with E-state index in [-0.39, 0.29) is 11.3 Å². The van der Waals surface area contributed by atoms with Crippen molar-refractivity contribution in [3.8, 4) is 5.75 Å². The van der Waals surface area contributed by atoms with E-state index in [0.717, 1.165) is 5.56 Å². The van der Waals surface area contributed by atoms with Gasteiger partial charge < -0.3 is 30.7 Å². The maximum absolute atomic E-state index is 13.5. The summed E-state index contributed by atoms with van der Waals surface area (Å²) in [5, 5.41) is 24.0. The average Bonchev–Trinajstić information content (AvgIpc) is 3.22. The number of aromatic hydroxyl groups is 1. The van der Waals surface area contributed by atoms with Crippen molar-refractivity contribution in [1.82, 2.24) is 20.5 Å². The molecule has 3 heterocycles. The fourth-order valence-electron chi connectivity index (χ4n) is 5.07. The first-order valence-corrected chi connectivity index (χ1v) is 13.9. The van der Waals surface area contributed by atoms with Crippen LogP contribution in [-0.4, -0.2) is 66.0 Å². The van der Waals surface area contributed by atoms with E-state index in [1.54, 1.807) is 26.0 Å². The molecule has 0 saturated carbocycles. The van der Waals surface area contributed by atoms with Crippen LogP contribution >= 0.6 is 11.8 Å². The molecule has 2 saturated heterocycles. The molecule has 2 aromatic carbocycles. The van der Waals surface area contributed by atoms with Gasteiger partial charge in [0.05, 0.1) is 0 Å². The van der Waals surface area contributed by atoms with Crippen molar-refractivity contribution in [2.45, 2.75) is 42.1 Å². The van der Waals surface area contributed by atoms with Gasteiger partial charge in [-0.05, 0) is 55.3 Å². The summed E-state index contributed by atoms with van der Waals surface area (Å²) in [5.41, 5.74) is 0.796. The number of carbonyl (C=O) groups is 4. The molecule has 11 nitrogen and oxygen atoms in total.